The first-order chi connectivity index (χ1) is 7.98. The van der Waals surface area contributed by atoms with Gasteiger partial charge in [0.25, 0.3) is 10.2 Å². The highest BCUT2D eigenvalue weighted by Gasteiger charge is 2.38. The van der Waals surface area contributed by atoms with Crippen LogP contribution in [-0.2, 0) is 10.2 Å². The minimum atomic E-state index is -3.26. The first kappa shape index (κ1) is 12.8. The van der Waals surface area contributed by atoms with Gasteiger partial charge in [0, 0.05) is 26.2 Å². The Morgan fingerprint density at radius 3 is 2.00 bits per heavy atom. The average molecular weight is 257 g/mol. The lowest BCUT2D eigenvalue weighted by atomic mass is 9.83. The first-order valence-corrected chi connectivity index (χ1v) is 7.54. The summed E-state index contributed by atoms with van der Waals surface area (Å²) in [5.41, 5.74) is -0.350. The Kier molecular flexibility index (Phi) is 3.43. The summed E-state index contributed by atoms with van der Waals surface area (Å²) in [6.07, 6.45) is 3.19. The molecule has 0 aliphatic carbocycles. The maximum atomic E-state index is 12.3. The van der Waals surface area contributed by atoms with Crippen molar-refractivity contribution in [1.82, 2.24) is 8.61 Å². The molecular weight excluding hydrogens is 238 g/mol. The van der Waals surface area contributed by atoms with Gasteiger partial charge in [-0.05, 0) is 32.6 Å². The quantitative estimate of drug-likeness (QED) is 0.740. The van der Waals surface area contributed by atoms with E-state index in [-0.39, 0.29) is 5.41 Å². The lowest BCUT2D eigenvalue weighted by molar-refractivity contribution is 0.222. The molecule has 2 rings (SSSR count). The second-order valence-electron chi connectivity index (χ2n) is 5.19. The summed E-state index contributed by atoms with van der Waals surface area (Å²) >= 11 is 0. The second kappa shape index (κ2) is 4.56. The van der Waals surface area contributed by atoms with E-state index < -0.39 is 10.2 Å². The standard InChI is InChI=1S/C11H19N3O2S/c1-11(10-12)4-8-14(9-5-11)17(15,16)13-6-2-3-7-13/h2-9H2,1H3. The molecule has 0 amide bonds. The fourth-order valence-corrected chi connectivity index (χ4v) is 4.09. The SMILES string of the molecule is CC1(C#N)CCN(S(=O)(=O)N2CCCC2)CC1. The summed E-state index contributed by atoms with van der Waals surface area (Å²) < 4.78 is 27.6. The summed E-state index contributed by atoms with van der Waals surface area (Å²) in [6, 6.07) is 2.29. The molecule has 96 valence electrons. The van der Waals surface area contributed by atoms with Gasteiger partial charge in [-0.3, -0.25) is 0 Å². The molecule has 0 N–H and O–H groups in total. The van der Waals surface area contributed by atoms with Gasteiger partial charge < -0.3 is 0 Å². The van der Waals surface area contributed by atoms with Crippen molar-refractivity contribution in [1.29, 1.82) is 5.26 Å². The van der Waals surface area contributed by atoms with E-state index >= 15 is 0 Å². The predicted octanol–water partition coefficient (Wildman–Crippen LogP) is 0.953. The molecule has 5 nitrogen and oxygen atoms in total. The van der Waals surface area contributed by atoms with E-state index in [9.17, 15) is 8.42 Å². The number of rotatable bonds is 2. The third kappa shape index (κ3) is 2.46. The van der Waals surface area contributed by atoms with Crippen molar-refractivity contribution in [3.05, 3.63) is 0 Å². The van der Waals surface area contributed by atoms with Crippen LogP contribution in [0.1, 0.15) is 32.6 Å². The van der Waals surface area contributed by atoms with E-state index in [0.717, 1.165) is 12.8 Å². The van der Waals surface area contributed by atoms with Crippen molar-refractivity contribution in [2.75, 3.05) is 26.2 Å². The summed E-state index contributed by atoms with van der Waals surface area (Å²) in [7, 11) is -3.26. The Balaban J connectivity index is 2.03. The highest BCUT2D eigenvalue weighted by Crippen LogP contribution is 2.32. The molecule has 2 aliphatic rings. The zero-order valence-electron chi connectivity index (χ0n) is 10.2. The zero-order valence-corrected chi connectivity index (χ0v) is 11.0. The predicted molar refractivity (Wildman–Crippen MR) is 64.3 cm³/mol. The molecule has 17 heavy (non-hydrogen) atoms. The van der Waals surface area contributed by atoms with E-state index in [1.54, 1.807) is 4.31 Å². The highest BCUT2D eigenvalue weighted by molar-refractivity contribution is 7.86. The molecule has 2 heterocycles. The van der Waals surface area contributed by atoms with Crippen LogP contribution in [0.3, 0.4) is 0 Å². The van der Waals surface area contributed by atoms with Crippen LogP contribution >= 0.6 is 0 Å². The smallest absolute Gasteiger partial charge is 0.198 e. The minimum Gasteiger partial charge on any atom is -0.198 e. The van der Waals surface area contributed by atoms with Crippen LogP contribution in [0.5, 0.6) is 0 Å². The van der Waals surface area contributed by atoms with E-state index in [4.69, 9.17) is 5.26 Å². The Morgan fingerprint density at radius 2 is 1.53 bits per heavy atom. The van der Waals surface area contributed by atoms with Gasteiger partial charge in [-0.15, -0.1) is 0 Å². The van der Waals surface area contributed by atoms with Crippen LogP contribution < -0.4 is 0 Å². The van der Waals surface area contributed by atoms with Crippen LogP contribution in [0.4, 0.5) is 0 Å². The van der Waals surface area contributed by atoms with Gasteiger partial charge in [-0.1, -0.05) is 0 Å². The summed E-state index contributed by atoms with van der Waals surface area (Å²) in [4.78, 5) is 0. The molecule has 0 radical (unpaired) electrons. The van der Waals surface area contributed by atoms with Crippen LogP contribution in [0.25, 0.3) is 0 Å². The van der Waals surface area contributed by atoms with Gasteiger partial charge in [0.1, 0.15) is 0 Å². The topological polar surface area (TPSA) is 64.4 Å². The molecule has 2 aliphatic heterocycles. The molecular formula is C11H19N3O2S. The molecule has 0 atom stereocenters. The number of piperidine rings is 1. The van der Waals surface area contributed by atoms with Crippen molar-refractivity contribution in [2.24, 2.45) is 5.41 Å². The Labute approximate surface area is 103 Å². The molecule has 0 aromatic heterocycles. The van der Waals surface area contributed by atoms with E-state index in [0.29, 0.717) is 39.0 Å². The maximum absolute atomic E-state index is 12.3. The Hall–Kier alpha value is -0.640. The Morgan fingerprint density at radius 1 is 1.06 bits per heavy atom. The van der Waals surface area contributed by atoms with Crippen molar-refractivity contribution >= 4 is 10.2 Å². The van der Waals surface area contributed by atoms with Crippen molar-refractivity contribution in [3.63, 3.8) is 0 Å². The third-order valence-electron chi connectivity index (χ3n) is 3.81. The van der Waals surface area contributed by atoms with E-state index in [2.05, 4.69) is 6.07 Å². The summed E-state index contributed by atoms with van der Waals surface area (Å²) in [6.45, 7) is 4.15. The fourth-order valence-electron chi connectivity index (χ4n) is 2.40. The van der Waals surface area contributed by atoms with E-state index in [1.165, 1.54) is 4.31 Å². The van der Waals surface area contributed by atoms with Gasteiger partial charge in [0.2, 0.25) is 0 Å². The lowest BCUT2D eigenvalue weighted by Gasteiger charge is -2.35. The third-order valence-corrected chi connectivity index (χ3v) is 5.85. The highest BCUT2D eigenvalue weighted by atomic mass is 32.2. The van der Waals surface area contributed by atoms with Crippen molar-refractivity contribution in [3.8, 4) is 6.07 Å². The number of hydrogen-bond acceptors (Lipinski definition) is 3. The molecule has 2 fully saturated rings. The number of nitrogens with zero attached hydrogens (tertiary/aromatic N) is 3. The molecule has 2 saturated heterocycles. The average Bonchev–Trinajstić information content (AvgIpc) is 2.84. The van der Waals surface area contributed by atoms with Gasteiger partial charge in [0.15, 0.2) is 0 Å². The molecule has 0 aromatic carbocycles. The lowest BCUT2D eigenvalue weighted by Crippen LogP contribution is -2.47. The maximum Gasteiger partial charge on any atom is 0.281 e. The molecule has 0 spiro atoms. The number of nitriles is 1. The fraction of sp³-hybridized carbons (Fsp3) is 0.909. The van der Waals surface area contributed by atoms with Gasteiger partial charge >= 0.3 is 0 Å². The van der Waals surface area contributed by atoms with Crippen LogP contribution in [-0.4, -0.2) is 43.2 Å². The molecule has 0 aromatic rings. The van der Waals surface area contributed by atoms with Crippen molar-refractivity contribution < 1.29 is 8.42 Å². The normalized spacial score (nSPS) is 26.8. The number of hydrogen-bond donors (Lipinski definition) is 0. The molecule has 0 unspecified atom stereocenters. The second-order valence-corrected chi connectivity index (χ2v) is 7.11. The molecule has 6 heteroatoms. The summed E-state index contributed by atoms with van der Waals surface area (Å²) in [5.74, 6) is 0. The zero-order chi connectivity index (χ0) is 12.5. The Bertz CT molecular complexity index is 412. The van der Waals surface area contributed by atoms with Crippen LogP contribution in [0, 0.1) is 16.7 Å². The van der Waals surface area contributed by atoms with E-state index in [1.807, 2.05) is 6.92 Å². The van der Waals surface area contributed by atoms with Gasteiger partial charge in [-0.2, -0.15) is 22.3 Å². The molecule has 0 bridgehead atoms. The first-order valence-electron chi connectivity index (χ1n) is 6.14. The molecule has 0 saturated carbocycles. The monoisotopic (exact) mass is 257 g/mol. The van der Waals surface area contributed by atoms with Crippen LogP contribution in [0.2, 0.25) is 0 Å². The van der Waals surface area contributed by atoms with Crippen molar-refractivity contribution in [2.45, 2.75) is 32.6 Å². The van der Waals surface area contributed by atoms with Crippen LogP contribution in [0.15, 0.2) is 0 Å². The largest absolute Gasteiger partial charge is 0.281 e. The van der Waals surface area contributed by atoms with Gasteiger partial charge in [0.05, 0.1) is 11.5 Å². The van der Waals surface area contributed by atoms with Gasteiger partial charge in [-0.25, -0.2) is 0 Å². The minimum absolute atomic E-state index is 0.350. The summed E-state index contributed by atoms with van der Waals surface area (Å²) in [5, 5.41) is 9.02.